The van der Waals surface area contributed by atoms with Gasteiger partial charge in [0.05, 0.1) is 0 Å². The normalized spacial score (nSPS) is 17.9. The van der Waals surface area contributed by atoms with E-state index in [-0.39, 0.29) is 28.7 Å². The van der Waals surface area contributed by atoms with Gasteiger partial charge in [0.1, 0.15) is 5.56 Å². The first kappa shape index (κ1) is 19.1. The molecular weight excluding hydrogens is 420 g/mol. The van der Waals surface area contributed by atoms with E-state index in [2.05, 4.69) is 20.9 Å². The molecule has 0 spiro atoms. The molecule has 4 rings (SSSR count). The SMILES string of the molecule is CC1(C)CC(=O)c2cc(C(=O)N(Cc3cccc(Br)c3)C3CC3)c(=O)[nH]c2C1. The Morgan fingerprint density at radius 3 is 2.64 bits per heavy atom. The van der Waals surface area contributed by atoms with Gasteiger partial charge in [-0.05, 0) is 48.4 Å². The molecular formula is C22H23BrN2O3. The number of carbonyl (C=O) groups excluding carboxylic acids is 2. The van der Waals surface area contributed by atoms with Gasteiger partial charge in [0, 0.05) is 34.7 Å². The number of Topliss-reactive ketones (excluding diaryl/α,β-unsaturated/α-hetero) is 1. The van der Waals surface area contributed by atoms with Gasteiger partial charge in [0.15, 0.2) is 5.78 Å². The van der Waals surface area contributed by atoms with Crippen LogP contribution in [0.3, 0.4) is 0 Å². The van der Waals surface area contributed by atoms with Crippen LogP contribution in [-0.4, -0.2) is 27.6 Å². The first-order valence-corrected chi connectivity index (χ1v) is 10.4. The number of pyridine rings is 1. The number of aromatic amines is 1. The second-order valence-corrected chi connectivity index (χ2v) is 9.56. The summed E-state index contributed by atoms with van der Waals surface area (Å²) in [4.78, 5) is 43.1. The van der Waals surface area contributed by atoms with E-state index < -0.39 is 5.56 Å². The number of ketones is 1. The quantitative estimate of drug-likeness (QED) is 0.774. The number of aromatic nitrogens is 1. The van der Waals surface area contributed by atoms with Crippen LogP contribution in [0.25, 0.3) is 0 Å². The summed E-state index contributed by atoms with van der Waals surface area (Å²) in [6.07, 6.45) is 2.93. The second-order valence-electron chi connectivity index (χ2n) is 8.64. The minimum atomic E-state index is -0.408. The fraction of sp³-hybridized carbons (Fsp3) is 0.409. The number of hydrogen-bond acceptors (Lipinski definition) is 3. The molecule has 2 aliphatic carbocycles. The number of benzene rings is 1. The molecule has 28 heavy (non-hydrogen) atoms. The summed E-state index contributed by atoms with van der Waals surface area (Å²) >= 11 is 3.46. The largest absolute Gasteiger partial charge is 0.331 e. The Labute approximate surface area is 172 Å². The smallest absolute Gasteiger partial charge is 0.261 e. The number of nitrogens with zero attached hydrogens (tertiary/aromatic N) is 1. The molecule has 1 N–H and O–H groups in total. The van der Waals surface area contributed by atoms with Crippen LogP contribution in [0.2, 0.25) is 0 Å². The monoisotopic (exact) mass is 442 g/mol. The summed E-state index contributed by atoms with van der Waals surface area (Å²) in [5.41, 5.74) is 1.61. The highest BCUT2D eigenvalue weighted by molar-refractivity contribution is 9.10. The lowest BCUT2D eigenvalue weighted by molar-refractivity contribution is 0.0728. The third-order valence-electron chi connectivity index (χ3n) is 5.44. The lowest BCUT2D eigenvalue weighted by atomic mass is 9.75. The fourth-order valence-electron chi connectivity index (χ4n) is 3.93. The highest BCUT2D eigenvalue weighted by atomic mass is 79.9. The maximum Gasteiger partial charge on any atom is 0.261 e. The van der Waals surface area contributed by atoms with Gasteiger partial charge in [-0.1, -0.05) is 41.9 Å². The number of halogens is 1. The van der Waals surface area contributed by atoms with Crippen molar-refractivity contribution in [1.82, 2.24) is 9.88 Å². The van der Waals surface area contributed by atoms with Crippen LogP contribution in [-0.2, 0) is 13.0 Å². The number of nitrogens with one attached hydrogen (secondary N) is 1. The summed E-state index contributed by atoms with van der Waals surface area (Å²) in [5, 5.41) is 0. The van der Waals surface area contributed by atoms with Crippen molar-refractivity contribution in [2.45, 2.75) is 52.1 Å². The second kappa shape index (κ2) is 6.99. The molecule has 2 aromatic rings. The molecule has 1 heterocycles. The lowest BCUT2D eigenvalue weighted by Crippen LogP contribution is -2.38. The van der Waals surface area contributed by atoms with E-state index in [9.17, 15) is 14.4 Å². The van der Waals surface area contributed by atoms with Gasteiger partial charge < -0.3 is 9.88 Å². The summed E-state index contributed by atoms with van der Waals surface area (Å²) in [6, 6.07) is 9.48. The number of H-pyrrole nitrogens is 1. The Balaban J connectivity index is 1.67. The molecule has 1 saturated carbocycles. The van der Waals surface area contributed by atoms with Crippen molar-refractivity contribution in [2.24, 2.45) is 5.41 Å². The van der Waals surface area contributed by atoms with Gasteiger partial charge in [0.2, 0.25) is 0 Å². The molecule has 6 heteroatoms. The van der Waals surface area contributed by atoms with Crippen LogP contribution >= 0.6 is 15.9 Å². The summed E-state index contributed by atoms with van der Waals surface area (Å²) < 4.78 is 0.952. The average molecular weight is 443 g/mol. The number of rotatable bonds is 4. The van der Waals surface area contributed by atoms with Crippen LogP contribution < -0.4 is 5.56 Å². The maximum atomic E-state index is 13.2. The Morgan fingerprint density at radius 2 is 1.96 bits per heavy atom. The Morgan fingerprint density at radius 1 is 1.21 bits per heavy atom. The van der Waals surface area contributed by atoms with Crippen LogP contribution in [0.5, 0.6) is 0 Å². The Kier molecular flexibility index (Phi) is 4.78. The van der Waals surface area contributed by atoms with Crippen molar-refractivity contribution in [3.05, 3.63) is 67.5 Å². The van der Waals surface area contributed by atoms with Gasteiger partial charge in [0.25, 0.3) is 11.5 Å². The highest BCUT2D eigenvalue weighted by Crippen LogP contribution is 2.34. The molecule has 1 aromatic carbocycles. The van der Waals surface area contributed by atoms with Gasteiger partial charge >= 0.3 is 0 Å². The van der Waals surface area contributed by atoms with E-state index in [1.54, 1.807) is 4.90 Å². The fourth-order valence-corrected chi connectivity index (χ4v) is 4.37. The van der Waals surface area contributed by atoms with Crippen molar-refractivity contribution in [3.63, 3.8) is 0 Å². The Bertz CT molecular complexity index is 1020. The van der Waals surface area contributed by atoms with Gasteiger partial charge in [-0.25, -0.2) is 0 Å². The molecule has 2 aliphatic rings. The summed E-state index contributed by atoms with van der Waals surface area (Å²) in [6.45, 7) is 4.47. The van der Waals surface area contributed by atoms with E-state index in [4.69, 9.17) is 0 Å². The molecule has 0 unspecified atom stereocenters. The topological polar surface area (TPSA) is 70.2 Å². The van der Waals surface area contributed by atoms with E-state index >= 15 is 0 Å². The van der Waals surface area contributed by atoms with E-state index in [0.717, 1.165) is 22.9 Å². The first-order valence-electron chi connectivity index (χ1n) is 9.58. The van der Waals surface area contributed by atoms with E-state index in [0.29, 0.717) is 30.6 Å². The zero-order valence-corrected chi connectivity index (χ0v) is 17.6. The highest BCUT2D eigenvalue weighted by Gasteiger charge is 2.36. The molecule has 0 atom stereocenters. The third kappa shape index (κ3) is 3.83. The van der Waals surface area contributed by atoms with Gasteiger partial charge in [-0.3, -0.25) is 14.4 Å². The van der Waals surface area contributed by atoms with Crippen molar-refractivity contribution >= 4 is 27.6 Å². The summed E-state index contributed by atoms with van der Waals surface area (Å²) in [5.74, 6) is -0.314. The number of fused-ring (bicyclic) bond motifs is 1. The molecule has 1 amide bonds. The van der Waals surface area contributed by atoms with Crippen molar-refractivity contribution < 1.29 is 9.59 Å². The molecule has 1 aromatic heterocycles. The molecule has 0 saturated heterocycles. The predicted octanol–water partition coefficient (Wildman–Crippen LogP) is 4.10. The molecule has 0 radical (unpaired) electrons. The number of hydrogen-bond donors (Lipinski definition) is 1. The zero-order chi connectivity index (χ0) is 20.1. The van der Waals surface area contributed by atoms with Crippen LogP contribution in [0, 0.1) is 5.41 Å². The molecule has 1 fully saturated rings. The van der Waals surface area contributed by atoms with E-state index in [1.165, 1.54) is 6.07 Å². The van der Waals surface area contributed by atoms with Gasteiger partial charge in [-0.2, -0.15) is 0 Å². The zero-order valence-electron chi connectivity index (χ0n) is 16.0. The first-order chi connectivity index (χ1) is 13.2. The van der Waals surface area contributed by atoms with Crippen LogP contribution in [0.15, 0.2) is 39.6 Å². The molecule has 0 bridgehead atoms. The van der Waals surface area contributed by atoms with E-state index in [1.807, 2.05) is 38.1 Å². The minimum absolute atomic E-state index is 0.0125. The van der Waals surface area contributed by atoms with Crippen LogP contribution in [0.4, 0.5) is 0 Å². The molecule has 146 valence electrons. The minimum Gasteiger partial charge on any atom is -0.331 e. The van der Waals surface area contributed by atoms with Crippen molar-refractivity contribution in [3.8, 4) is 0 Å². The predicted molar refractivity (Wildman–Crippen MR) is 111 cm³/mol. The molecule has 0 aliphatic heterocycles. The standard InChI is InChI=1S/C22H23BrN2O3/c1-22(2)10-18-16(19(26)11-22)9-17(20(27)24-18)21(28)25(15-6-7-15)12-13-4-3-5-14(23)8-13/h3-5,8-9,15H,6-7,10-12H2,1-2H3,(H,24,27). The number of carbonyl (C=O) groups is 2. The Hall–Kier alpha value is -2.21. The number of amides is 1. The summed E-state index contributed by atoms with van der Waals surface area (Å²) in [7, 11) is 0. The van der Waals surface area contributed by atoms with Crippen molar-refractivity contribution in [1.29, 1.82) is 0 Å². The van der Waals surface area contributed by atoms with Crippen LogP contribution in [0.1, 0.15) is 65.1 Å². The average Bonchev–Trinajstić information content (AvgIpc) is 3.42. The van der Waals surface area contributed by atoms with Crippen molar-refractivity contribution in [2.75, 3.05) is 0 Å². The third-order valence-corrected chi connectivity index (χ3v) is 5.93. The molecule has 5 nitrogen and oxygen atoms in total. The maximum absolute atomic E-state index is 13.2. The van der Waals surface area contributed by atoms with Gasteiger partial charge in [-0.15, -0.1) is 0 Å². The lowest BCUT2D eigenvalue weighted by Gasteiger charge is -2.30.